The van der Waals surface area contributed by atoms with Gasteiger partial charge in [0.15, 0.2) is 5.82 Å². The van der Waals surface area contributed by atoms with Crippen LogP contribution in [0.25, 0.3) is 0 Å². The van der Waals surface area contributed by atoms with Crippen LogP contribution in [0.5, 0.6) is 0 Å². The van der Waals surface area contributed by atoms with Gasteiger partial charge in [-0.15, -0.1) is 0 Å². The normalized spacial score (nSPS) is 23.7. The van der Waals surface area contributed by atoms with Gasteiger partial charge in [0.1, 0.15) is 0 Å². The van der Waals surface area contributed by atoms with E-state index in [9.17, 15) is 0 Å². The van der Waals surface area contributed by atoms with Gasteiger partial charge in [0.2, 0.25) is 5.89 Å². The van der Waals surface area contributed by atoms with Crippen LogP contribution >= 0.6 is 0 Å². The largest absolute Gasteiger partial charge is 0.339 e. The maximum atomic E-state index is 5.42. The zero-order chi connectivity index (χ0) is 14.9. The highest BCUT2D eigenvalue weighted by Gasteiger charge is 2.32. The molecule has 1 saturated carbocycles. The van der Waals surface area contributed by atoms with Gasteiger partial charge in [-0.25, -0.2) is 0 Å². The van der Waals surface area contributed by atoms with Crippen molar-refractivity contribution in [1.82, 2.24) is 20.4 Å². The number of hydrogen-bond donors (Lipinski definition) is 1. The predicted molar refractivity (Wildman–Crippen MR) is 82.0 cm³/mol. The van der Waals surface area contributed by atoms with Gasteiger partial charge in [0.25, 0.3) is 0 Å². The van der Waals surface area contributed by atoms with Gasteiger partial charge in [-0.2, -0.15) is 4.98 Å². The molecular formula is C16H28N4O. The first-order valence-corrected chi connectivity index (χ1v) is 8.30. The van der Waals surface area contributed by atoms with Crippen LogP contribution in [-0.4, -0.2) is 40.7 Å². The van der Waals surface area contributed by atoms with Gasteiger partial charge in [-0.05, 0) is 44.7 Å². The summed E-state index contributed by atoms with van der Waals surface area (Å²) in [6.45, 7) is 10.7. The molecule has 1 aliphatic heterocycles. The molecule has 5 nitrogen and oxygen atoms in total. The molecule has 0 radical (unpaired) electrons. The van der Waals surface area contributed by atoms with Gasteiger partial charge >= 0.3 is 0 Å². The zero-order valence-corrected chi connectivity index (χ0v) is 13.6. The Morgan fingerprint density at radius 3 is 2.67 bits per heavy atom. The van der Waals surface area contributed by atoms with Crippen molar-refractivity contribution >= 4 is 0 Å². The second-order valence-corrected chi connectivity index (χ2v) is 7.64. The minimum atomic E-state index is -0.0665. The zero-order valence-electron chi connectivity index (χ0n) is 13.6. The molecule has 0 amide bonds. The fourth-order valence-corrected chi connectivity index (χ4v) is 3.00. The fraction of sp³-hybridized carbons (Fsp3) is 0.875. The summed E-state index contributed by atoms with van der Waals surface area (Å²) in [6.07, 6.45) is 5.30. The van der Waals surface area contributed by atoms with Gasteiger partial charge in [-0.1, -0.05) is 25.9 Å². The average molecular weight is 292 g/mol. The van der Waals surface area contributed by atoms with Crippen molar-refractivity contribution in [1.29, 1.82) is 0 Å². The number of hydrogen-bond acceptors (Lipinski definition) is 5. The summed E-state index contributed by atoms with van der Waals surface area (Å²) in [6, 6.07) is 0.739. The first kappa shape index (κ1) is 15.0. The molecule has 21 heavy (non-hydrogen) atoms. The maximum Gasteiger partial charge on any atom is 0.232 e. The van der Waals surface area contributed by atoms with Crippen molar-refractivity contribution in [3.8, 4) is 0 Å². The van der Waals surface area contributed by atoms with Gasteiger partial charge < -0.3 is 9.84 Å². The standard InChI is InChI=1S/C16H28N4O/c1-16(2,3)15-18-14(19-21-15)11-20(13-6-7-13)10-12-5-4-8-17-9-12/h12-13,17H,4-11H2,1-3H3. The molecule has 1 N–H and O–H groups in total. The Morgan fingerprint density at radius 1 is 1.29 bits per heavy atom. The van der Waals surface area contributed by atoms with E-state index < -0.39 is 0 Å². The number of nitrogens with one attached hydrogen (secondary N) is 1. The molecular weight excluding hydrogens is 264 g/mol. The average Bonchev–Trinajstić information content (AvgIpc) is 3.17. The summed E-state index contributed by atoms with van der Waals surface area (Å²) < 4.78 is 5.42. The lowest BCUT2D eigenvalue weighted by Gasteiger charge is -2.29. The Balaban J connectivity index is 1.61. The van der Waals surface area contributed by atoms with Crippen LogP contribution in [0.4, 0.5) is 0 Å². The Hall–Kier alpha value is -0.940. The van der Waals surface area contributed by atoms with Crippen LogP contribution in [0.1, 0.15) is 58.2 Å². The monoisotopic (exact) mass is 292 g/mol. The van der Waals surface area contributed by atoms with Crippen molar-refractivity contribution in [3.05, 3.63) is 11.7 Å². The second-order valence-electron chi connectivity index (χ2n) is 7.64. The molecule has 1 aromatic heterocycles. The highest BCUT2D eigenvalue weighted by atomic mass is 16.5. The van der Waals surface area contributed by atoms with Crippen molar-refractivity contribution in [2.75, 3.05) is 19.6 Å². The Bertz CT molecular complexity index is 455. The minimum absolute atomic E-state index is 0.0665. The SMILES string of the molecule is CC(C)(C)c1nc(CN(CC2CCCNC2)C2CC2)no1. The molecule has 2 heterocycles. The first-order chi connectivity index (χ1) is 10.0. The molecule has 0 bridgehead atoms. The summed E-state index contributed by atoms with van der Waals surface area (Å²) in [5.74, 6) is 2.36. The third kappa shape index (κ3) is 4.04. The first-order valence-electron chi connectivity index (χ1n) is 8.30. The van der Waals surface area contributed by atoms with Crippen LogP contribution in [0.3, 0.4) is 0 Å². The topological polar surface area (TPSA) is 54.2 Å². The molecule has 1 aliphatic carbocycles. The van der Waals surface area contributed by atoms with E-state index in [2.05, 4.69) is 41.1 Å². The summed E-state index contributed by atoms with van der Waals surface area (Å²) in [4.78, 5) is 7.15. The highest BCUT2D eigenvalue weighted by molar-refractivity contribution is 4.99. The molecule has 0 spiro atoms. The molecule has 1 saturated heterocycles. The lowest BCUT2D eigenvalue weighted by molar-refractivity contribution is 0.187. The van der Waals surface area contributed by atoms with E-state index in [1.165, 1.54) is 32.2 Å². The molecule has 1 aromatic rings. The molecule has 5 heteroatoms. The van der Waals surface area contributed by atoms with Crippen LogP contribution < -0.4 is 5.32 Å². The van der Waals surface area contributed by atoms with Crippen LogP contribution in [0.2, 0.25) is 0 Å². The van der Waals surface area contributed by atoms with E-state index in [4.69, 9.17) is 4.52 Å². The molecule has 2 fully saturated rings. The van der Waals surface area contributed by atoms with Crippen molar-refractivity contribution in [2.24, 2.45) is 5.92 Å². The summed E-state index contributed by atoms with van der Waals surface area (Å²) in [7, 11) is 0. The van der Waals surface area contributed by atoms with E-state index >= 15 is 0 Å². The lowest BCUT2D eigenvalue weighted by atomic mass is 9.97. The smallest absolute Gasteiger partial charge is 0.232 e. The van der Waals surface area contributed by atoms with Crippen molar-refractivity contribution < 1.29 is 4.52 Å². The van der Waals surface area contributed by atoms with Crippen molar-refractivity contribution in [3.63, 3.8) is 0 Å². The third-order valence-corrected chi connectivity index (χ3v) is 4.41. The quantitative estimate of drug-likeness (QED) is 0.902. The van der Waals surface area contributed by atoms with Crippen LogP contribution in [0.15, 0.2) is 4.52 Å². The maximum absolute atomic E-state index is 5.42. The Kier molecular flexibility index (Phi) is 4.31. The molecule has 0 aromatic carbocycles. The van der Waals surface area contributed by atoms with E-state index in [1.54, 1.807) is 0 Å². The Morgan fingerprint density at radius 2 is 2.10 bits per heavy atom. The third-order valence-electron chi connectivity index (χ3n) is 4.41. The number of nitrogens with zero attached hydrogens (tertiary/aromatic N) is 3. The van der Waals surface area contributed by atoms with Crippen molar-refractivity contribution in [2.45, 2.75) is 64.5 Å². The van der Waals surface area contributed by atoms with Gasteiger partial charge in [0, 0.05) is 18.0 Å². The van der Waals surface area contributed by atoms with Gasteiger partial charge in [0.05, 0.1) is 6.54 Å². The van der Waals surface area contributed by atoms with E-state index in [0.717, 1.165) is 43.3 Å². The molecule has 1 atom stereocenters. The van der Waals surface area contributed by atoms with E-state index in [0.29, 0.717) is 0 Å². The number of rotatable bonds is 5. The minimum Gasteiger partial charge on any atom is -0.339 e. The van der Waals surface area contributed by atoms with E-state index in [-0.39, 0.29) is 5.41 Å². The number of aromatic nitrogens is 2. The summed E-state index contributed by atoms with van der Waals surface area (Å²) in [5.41, 5.74) is -0.0665. The predicted octanol–water partition coefficient (Wildman–Crippen LogP) is 2.33. The molecule has 1 unspecified atom stereocenters. The summed E-state index contributed by atoms with van der Waals surface area (Å²) >= 11 is 0. The van der Waals surface area contributed by atoms with Crippen LogP contribution in [0, 0.1) is 5.92 Å². The van der Waals surface area contributed by atoms with E-state index in [1.807, 2.05) is 0 Å². The van der Waals surface area contributed by atoms with Crippen LogP contribution in [-0.2, 0) is 12.0 Å². The highest BCUT2D eigenvalue weighted by Crippen LogP contribution is 2.30. The molecule has 3 rings (SSSR count). The Labute approximate surface area is 127 Å². The fourth-order valence-electron chi connectivity index (χ4n) is 3.00. The summed E-state index contributed by atoms with van der Waals surface area (Å²) in [5, 5.41) is 7.69. The number of piperidine rings is 1. The molecule has 118 valence electrons. The molecule has 2 aliphatic rings. The van der Waals surface area contributed by atoms with Gasteiger partial charge in [-0.3, -0.25) is 4.90 Å². The lowest BCUT2D eigenvalue weighted by Crippen LogP contribution is -2.39. The second kappa shape index (κ2) is 6.05.